The number of carbonyl (C=O) groups excluding carboxylic acids is 2. The molecule has 1 saturated heterocycles. The van der Waals surface area contributed by atoms with Gasteiger partial charge in [-0.25, -0.2) is 4.39 Å². The van der Waals surface area contributed by atoms with Gasteiger partial charge in [-0.1, -0.05) is 12.1 Å². The zero-order valence-corrected chi connectivity index (χ0v) is 10.7. The number of ketones is 1. The minimum atomic E-state index is -0.380. The van der Waals surface area contributed by atoms with E-state index in [1.807, 2.05) is 4.90 Å². The average Bonchev–Trinajstić information content (AvgIpc) is 2.93. The van der Waals surface area contributed by atoms with E-state index in [2.05, 4.69) is 0 Å². The summed E-state index contributed by atoms with van der Waals surface area (Å²) in [4.78, 5) is 26.2. The number of rotatable bonds is 1. The van der Waals surface area contributed by atoms with Gasteiger partial charge < -0.3 is 4.90 Å². The normalized spacial score (nSPS) is 22.5. The van der Waals surface area contributed by atoms with Crippen LogP contribution in [0.4, 0.5) is 4.39 Å². The van der Waals surface area contributed by atoms with Crippen LogP contribution in [0.15, 0.2) is 18.2 Å². The molecule has 0 spiro atoms. The number of hydrogen-bond acceptors (Lipinski definition) is 2. The van der Waals surface area contributed by atoms with Crippen LogP contribution in [0.3, 0.4) is 0 Å². The fraction of sp³-hybridized carbons (Fsp3) is 0.467. The number of benzene rings is 1. The van der Waals surface area contributed by atoms with Crippen molar-refractivity contribution in [1.29, 1.82) is 0 Å². The largest absolute Gasteiger partial charge is 0.342 e. The van der Waals surface area contributed by atoms with E-state index >= 15 is 0 Å². The number of likely N-dealkylation sites (tertiary alicyclic amines) is 1. The molecule has 19 heavy (non-hydrogen) atoms. The molecular formula is C15H16FNO2. The lowest BCUT2D eigenvalue weighted by molar-refractivity contribution is -0.134. The standard InChI is InChI=1S/C15H16FNO2/c16-13-5-3-4-11-12(13)8-10(9-14(11)18)15(19)17-6-1-2-7-17/h3-5,10H,1-2,6-9H2. The average molecular weight is 261 g/mol. The Balaban J connectivity index is 1.86. The number of nitrogens with zero attached hydrogens (tertiary/aromatic N) is 1. The Morgan fingerprint density at radius 2 is 1.95 bits per heavy atom. The summed E-state index contributed by atoms with van der Waals surface area (Å²) in [6, 6.07) is 4.56. The summed E-state index contributed by atoms with van der Waals surface area (Å²) in [6.07, 6.45) is 2.61. The van der Waals surface area contributed by atoms with Gasteiger partial charge in [0.1, 0.15) is 5.82 Å². The molecule has 1 aliphatic heterocycles. The number of halogens is 1. The van der Waals surface area contributed by atoms with E-state index in [4.69, 9.17) is 0 Å². The fourth-order valence-corrected chi connectivity index (χ4v) is 3.05. The lowest BCUT2D eigenvalue weighted by Gasteiger charge is -2.27. The third kappa shape index (κ3) is 2.15. The van der Waals surface area contributed by atoms with Crippen LogP contribution in [-0.2, 0) is 11.2 Å². The first kappa shape index (κ1) is 12.3. The molecule has 3 nitrogen and oxygen atoms in total. The number of hydrogen-bond donors (Lipinski definition) is 0. The van der Waals surface area contributed by atoms with Crippen LogP contribution in [-0.4, -0.2) is 29.7 Å². The molecule has 1 amide bonds. The minimum absolute atomic E-state index is 0.0137. The highest BCUT2D eigenvalue weighted by atomic mass is 19.1. The molecule has 4 heteroatoms. The maximum absolute atomic E-state index is 13.8. The van der Waals surface area contributed by atoms with Crippen molar-refractivity contribution >= 4 is 11.7 Å². The van der Waals surface area contributed by atoms with Gasteiger partial charge in [-0.15, -0.1) is 0 Å². The SMILES string of the molecule is O=C1CC(C(=O)N2CCCC2)Cc2c(F)cccc21. The van der Waals surface area contributed by atoms with Gasteiger partial charge in [0, 0.05) is 31.0 Å². The van der Waals surface area contributed by atoms with Gasteiger partial charge in [0.15, 0.2) is 5.78 Å². The van der Waals surface area contributed by atoms with Crippen LogP contribution >= 0.6 is 0 Å². The molecule has 1 aromatic carbocycles. The molecule has 1 heterocycles. The summed E-state index contributed by atoms with van der Waals surface area (Å²) < 4.78 is 13.8. The highest BCUT2D eigenvalue weighted by Crippen LogP contribution is 2.29. The molecule has 1 unspecified atom stereocenters. The van der Waals surface area contributed by atoms with Crippen molar-refractivity contribution < 1.29 is 14.0 Å². The first-order chi connectivity index (χ1) is 9.16. The van der Waals surface area contributed by atoms with Crippen molar-refractivity contribution in [3.63, 3.8) is 0 Å². The summed E-state index contributed by atoms with van der Waals surface area (Å²) in [5, 5.41) is 0. The Morgan fingerprint density at radius 3 is 2.68 bits per heavy atom. The van der Waals surface area contributed by atoms with Gasteiger partial charge in [0.25, 0.3) is 0 Å². The van der Waals surface area contributed by atoms with E-state index < -0.39 is 0 Å². The highest BCUT2D eigenvalue weighted by molar-refractivity contribution is 6.01. The third-order valence-electron chi connectivity index (χ3n) is 4.07. The molecule has 1 atom stereocenters. The number of amides is 1. The van der Waals surface area contributed by atoms with Gasteiger partial charge in [-0.3, -0.25) is 9.59 Å². The Labute approximate surface area is 111 Å². The van der Waals surface area contributed by atoms with Crippen molar-refractivity contribution in [2.75, 3.05) is 13.1 Å². The molecule has 1 fully saturated rings. The molecule has 1 aliphatic carbocycles. The molecule has 100 valence electrons. The number of fused-ring (bicyclic) bond motifs is 1. The van der Waals surface area contributed by atoms with Gasteiger partial charge in [-0.2, -0.15) is 0 Å². The number of Topliss-reactive ketones (excluding diaryl/α,β-unsaturated/α-hetero) is 1. The van der Waals surface area contributed by atoms with Gasteiger partial charge in [0.2, 0.25) is 5.91 Å². The van der Waals surface area contributed by atoms with E-state index in [1.54, 1.807) is 12.1 Å². The summed E-state index contributed by atoms with van der Waals surface area (Å²) in [5.41, 5.74) is 0.863. The Hall–Kier alpha value is -1.71. The van der Waals surface area contributed by atoms with Crippen LogP contribution < -0.4 is 0 Å². The molecule has 0 bridgehead atoms. The van der Waals surface area contributed by atoms with Crippen LogP contribution in [0.5, 0.6) is 0 Å². The van der Waals surface area contributed by atoms with Crippen LogP contribution in [0.1, 0.15) is 35.2 Å². The van der Waals surface area contributed by atoms with E-state index in [0.29, 0.717) is 17.5 Å². The first-order valence-electron chi connectivity index (χ1n) is 6.76. The second-order valence-electron chi connectivity index (χ2n) is 5.33. The summed E-state index contributed by atoms with van der Waals surface area (Å²) in [7, 11) is 0. The Bertz CT molecular complexity index is 535. The van der Waals surface area contributed by atoms with E-state index in [1.165, 1.54) is 6.07 Å². The third-order valence-corrected chi connectivity index (χ3v) is 4.07. The second-order valence-corrected chi connectivity index (χ2v) is 5.33. The molecule has 0 aromatic heterocycles. The van der Waals surface area contributed by atoms with Crippen LogP contribution in [0, 0.1) is 11.7 Å². The monoisotopic (exact) mass is 261 g/mol. The zero-order chi connectivity index (χ0) is 13.4. The van der Waals surface area contributed by atoms with Crippen molar-refractivity contribution in [2.45, 2.75) is 25.7 Å². The molecule has 2 aliphatic rings. The van der Waals surface area contributed by atoms with Crippen LogP contribution in [0.2, 0.25) is 0 Å². The predicted octanol–water partition coefficient (Wildman–Crippen LogP) is 2.19. The lowest BCUT2D eigenvalue weighted by atomic mass is 9.82. The van der Waals surface area contributed by atoms with Gasteiger partial charge in [-0.05, 0) is 30.9 Å². The summed E-state index contributed by atoms with van der Waals surface area (Å²) >= 11 is 0. The van der Waals surface area contributed by atoms with Crippen molar-refractivity contribution in [3.8, 4) is 0 Å². The second kappa shape index (κ2) is 4.76. The van der Waals surface area contributed by atoms with E-state index in [0.717, 1.165) is 25.9 Å². The topological polar surface area (TPSA) is 37.4 Å². The van der Waals surface area contributed by atoms with E-state index in [-0.39, 0.29) is 29.8 Å². The fourth-order valence-electron chi connectivity index (χ4n) is 3.05. The molecule has 0 saturated carbocycles. The summed E-state index contributed by atoms with van der Waals surface area (Å²) in [5.74, 6) is -0.849. The van der Waals surface area contributed by atoms with E-state index in [9.17, 15) is 14.0 Å². The van der Waals surface area contributed by atoms with Crippen LogP contribution in [0.25, 0.3) is 0 Å². The highest BCUT2D eigenvalue weighted by Gasteiger charge is 2.34. The van der Waals surface area contributed by atoms with Gasteiger partial charge in [0.05, 0.1) is 0 Å². The Morgan fingerprint density at radius 1 is 1.21 bits per heavy atom. The zero-order valence-electron chi connectivity index (χ0n) is 10.7. The summed E-state index contributed by atoms with van der Waals surface area (Å²) in [6.45, 7) is 1.54. The molecule has 0 radical (unpaired) electrons. The Kier molecular flexibility index (Phi) is 3.09. The van der Waals surface area contributed by atoms with Crippen molar-refractivity contribution in [1.82, 2.24) is 4.90 Å². The molecule has 1 aromatic rings. The van der Waals surface area contributed by atoms with Gasteiger partial charge >= 0.3 is 0 Å². The quantitative estimate of drug-likeness (QED) is 0.777. The van der Waals surface area contributed by atoms with Crippen molar-refractivity contribution in [2.24, 2.45) is 5.92 Å². The predicted molar refractivity (Wildman–Crippen MR) is 68.4 cm³/mol. The number of carbonyl (C=O) groups is 2. The van der Waals surface area contributed by atoms with Crippen molar-refractivity contribution in [3.05, 3.63) is 35.1 Å². The molecular weight excluding hydrogens is 245 g/mol. The molecule has 0 N–H and O–H groups in total. The minimum Gasteiger partial charge on any atom is -0.342 e. The lowest BCUT2D eigenvalue weighted by Crippen LogP contribution is -2.38. The smallest absolute Gasteiger partial charge is 0.226 e. The first-order valence-corrected chi connectivity index (χ1v) is 6.76. The maximum atomic E-state index is 13.8. The molecule has 3 rings (SSSR count). The maximum Gasteiger partial charge on any atom is 0.226 e.